The maximum atomic E-state index is 10.6. The van der Waals surface area contributed by atoms with Crippen molar-refractivity contribution in [3.8, 4) is 0 Å². The van der Waals surface area contributed by atoms with Crippen molar-refractivity contribution in [2.24, 2.45) is 0 Å². The van der Waals surface area contributed by atoms with Crippen molar-refractivity contribution in [2.75, 3.05) is 31.7 Å². The number of carboxylic acids is 1. The minimum absolute atomic E-state index is 0.118. The van der Waals surface area contributed by atoms with E-state index in [9.17, 15) is 14.9 Å². The van der Waals surface area contributed by atoms with E-state index in [1.807, 2.05) is 0 Å². The highest BCUT2D eigenvalue weighted by atomic mass is 32.1. The largest absolute Gasteiger partial charge is 0.480 e. The Hall–Kier alpha value is -1.74. The maximum absolute atomic E-state index is 10.6. The highest BCUT2D eigenvalue weighted by molar-refractivity contribution is 7.18. The van der Waals surface area contributed by atoms with Gasteiger partial charge >= 0.3 is 11.0 Å². The first-order chi connectivity index (χ1) is 8.04. The van der Waals surface area contributed by atoms with Crippen LogP contribution in [0.15, 0.2) is 6.20 Å². The number of hydrogen-bond donors (Lipinski definition) is 1. The number of anilines is 1. The zero-order valence-corrected chi connectivity index (χ0v) is 9.85. The summed E-state index contributed by atoms with van der Waals surface area (Å²) < 4.78 is 4.84. The third-order valence-corrected chi connectivity index (χ3v) is 2.83. The van der Waals surface area contributed by atoms with Crippen LogP contribution in [-0.4, -0.2) is 47.8 Å². The normalized spacial score (nSPS) is 10.2. The molecule has 17 heavy (non-hydrogen) atoms. The van der Waals surface area contributed by atoms with Gasteiger partial charge in [0.25, 0.3) is 0 Å². The van der Waals surface area contributed by atoms with E-state index in [1.165, 1.54) is 12.0 Å². The Morgan fingerprint density at radius 3 is 2.94 bits per heavy atom. The molecule has 1 heterocycles. The lowest BCUT2D eigenvalue weighted by Crippen LogP contribution is -2.32. The Balaban J connectivity index is 2.79. The maximum Gasteiger partial charge on any atom is 0.345 e. The summed E-state index contributed by atoms with van der Waals surface area (Å²) in [6.07, 6.45) is 1.11. The van der Waals surface area contributed by atoms with E-state index in [-0.39, 0.29) is 11.5 Å². The lowest BCUT2D eigenvalue weighted by molar-refractivity contribution is -0.380. The summed E-state index contributed by atoms with van der Waals surface area (Å²) in [5, 5.41) is 19.4. The van der Waals surface area contributed by atoms with Crippen LogP contribution in [0.2, 0.25) is 0 Å². The predicted octanol–water partition coefficient (Wildman–Crippen LogP) is 0.589. The average Bonchev–Trinajstić information content (AvgIpc) is 2.72. The second-order valence-electron chi connectivity index (χ2n) is 3.05. The second kappa shape index (κ2) is 6.11. The molecular formula is C8H11N3O5S. The zero-order valence-electron chi connectivity index (χ0n) is 9.03. The van der Waals surface area contributed by atoms with Crippen molar-refractivity contribution >= 4 is 27.4 Å². The lowest BCUT2D eigenvalue weighted by Gasteiger charge is -2.18. The number of thiazole rings is 1. The number of carbonyl (C=O) groups is 1. The fraction of sp³-hybridized carbons (Fsp3) is 0.500. The SMILES string of the molecule is COCCN(CC(=O)O)c1ncc([N+](=O)[O-])s1. The quantitative estimate of drug-likeness (QED) is 0.565. The second-order valence-corrected chi connectivity index (χ2v) is 4.03. The van der Waals surface area contributed by atoms with Gasteiger partial charge in [-0.3, -0.25) is 14.9 Å². The minimum Gasteiger partial charge on any atom is -0.480 e. The van der Waals surface area contributed by atoms with Crippen LogP contribution in [0.25, 0.3) is 0 Å². The molecule has 0 amide bonds. The Labute approximate surface area is 101 Å². The molecule has 0 saturated carbocycles. The van der Waals surface area contributed by atoms with E-state index in [1.54, 1.807) is 0 Å². The smallest absolute Gasteiger partial charge is 0.345 e. The molecule has 1 rings (SSSR count). The molecule has 0 aliphatic carbocycles. The van der Waals surface area contributed by atoms with Gasteiger partial charge in [0.2, 0.25) is 0 Å². The summed E-state index contributed by atoms with van der Waals surface area (Å²) >= 11 is 0.838. The van der Waals surface area contributed by atoms with Gasteiger partial charge in [0, 0.05) is 13.7 Å². The molecule has 0 aromatic carbocycles. The molecule has 0 spiro atoms. The number of nitro groups is 1. The van der Waals surface area contributed by atoms with Crippen LogP contribution in [0.5, 0.6) is 0 Å². The number of methoxy groups -OCH3 is 1. The molecular weight excluding hydrogens is 250 g/mol. The van der Waals surface area contributed by atoms with Crippen LogP contribution in [0.3, 0.4) is 0 Å². The van der Waals surface area contributed by atoms with Crippen LogP contribution in [0.4, 0.5) is 10.1 Å². The standard InChI is InChI=1S/C8H11N3O5S/c1-16-3-2-10(5-7(12)13)8-9-4-6(17-8)11(14)15/h4H,2-3,5H2,1H3,(H,12,13). The molecule has 94 valence electrons. The third kappa shape index (κ3) is 3.96. The molecule has 0 radical (unpaired) electrons. The van der Waals surface area contributed by atoms with Gasteiger partial charge in [-0.15, -0.1) is 0 Å². The first-order valence-corrected chi connectivity index (χ1v) is 5.42. The molecule has 1 N–H and O–H groups in total. The summed E-state index contributed by atoms with van der Waals surface area (Å²) in [4.78, 5) is 25.8. The molecule has 0 fully saturated rings. The van der Waals surface area contributed by atoms with E-state index in [0.717, 1.165) is 17.5 Å². The van der Waals surface area contributed by atoms with E-state index in [2.05, 4.69) is 4.98 Å². The summed E-state index contributed by atoms with van der Waals surface area (Å²) in [7, 11) is 1.49. The van der Waals surface area contributed by atoms with Gasteiger partial charge in [-0.2, -0.15) is 0 Å². The first kappa shape index (κ1) is 13.3. The highest BCUT2D eigenvalue weighted by Crippen LogP contribution is 2.27. The van der Waals surface area contributed by atoms with Gasteiger partial charge < -0.3 is 14.7 Å². The number of carboxylic acid groups (broad SMARTS) is 1. The van der Waals surface area contributed by atoms with E-state index >= 15 is 0 Å². The number of rotatable bonds is 7. The van der Waals surface area contributed by atoms with Crippen molar-refractivity contribution in [2.45, 2.75) is 0 Å². The van der Waals surface area contributed by atoms with Gasteiger partial charge in [-0.05, 0) is 11.3 Å². The topological polar surface area (TPSA) is 106 Å². The summed E-state index contributed by atoms with van der Waals surface area (Å²) in [5.74, 6) is -1.03. The van der Waals surface area contributed by atoms with Gasteiger partial charge in [-0.1, -0.05) is 0 Å². The molecule has 8 nitrogen and oxygen atoms in total. The third-order valence-electron chi connectivity index (χ3n) is 1.82. The number of aromatic nitrogens is 1. The van der Waals surface area contributed by atoms with Crippen LogP contribution in [-0.2, 0) is 9.53 Å². The van der Waals surface area contributed by atoms with E-state index in [4.69, 9.17) is 9.84 Å². The Bertz CT molecular complexity index is 408. The molecule has 9 heteroatoms. The first-order valence-electron chi connectivity index (χ1n) is 4.60. The van der Waals surface area contributed by atoms with Crippen molar-refractivity contribution in [1.82, 2.24) is 4.98 Å². The molecule has 0 bridgehead atoms. The van der Waals surface area contributed by atoms with Crippen LogP contribution in [0.1, 0.15) is 0 Å². The summed E-state index contributed by atoms with van der Waals surface area (Å²) in [5.41, 5.74) is 0. The summed E-state index contributed by atoms with van der Waals surface area (Å²) in [6.45, 7) is 0.363. The van der Waals surface area contributed by atoms with E-state index < -0.39 is 10.9 Å². The van der Waals surface area contributed by atoms with Crippen LogP contribution >= 0.6 is 11.3 Å². The monoisotopic (exact) mass is 261 g/mol. The van der Waals surface area contributed by atoms with Crippen molar-refractivity contribution in [3.05, 3.63) is 16.3 Å². The minimum atomic E-state index is -1.03. The van der Waals surface area contributed by atoms with Gasteiger partial charge in [0.05, 0.1) is 11.5 Å². The predicted molar refractivity (Wildman–Crippen MR) is 60.5 cm³/mol. The van der Waals surface area contributed by atoms with Crippen LogP contribution < -0.4 is 4.90 Å². The van der Waals surface area contributed by atoms with Crippen molar-refractivity contribution < 1.29 is 19.6 Å². The molecule has 0 aliphatic heterocycles. The molecule has 0 saturated heterocycles. The Morgan fingerprint density at radius 1 is 1.76 bits per heavy atom. The number of aliphatic carboxylic acids is 1. The molecule has 1 aromatic rings. The van der Waals surface area contributed by atoms with Crippen LogP contribution in [0, 0.1) is 10.1 Å². The highest BCUT2D eigenvalue weighted by Gasteiger charge is 2.18. The molecule has 0 atom stereocenters. The van der Waals surface area contributed by atoms with Gasteiger partial charge in [0.1, 0.15) is 12.7 Å². The Morgan fingerprint density at radius 2 is 2.47 bits per heavy atom. The van der Waals surface area contributed by atoms with Crippen molar-refractivity contribution in [1.29, 1.82) is 0 Å². The fourth-order valence-corrected chi connectivity index (χ4v) is 1.85. The van der Waals surface area contributed by atoms with Crippen molar-refractivity contribution in [3.63, 3.8) is 0 Å². The number of hydrogen-bond acceptors (Lipinski definition) is 7. The van der Waals surface area contributed by atoms with Gasteiger partial charge in [-0.25, -0.2) is 4.98 Å². The zero-order chi connectivity index (χ0) is 12.8. The lowest BCUT2D eigenvalue weighted by atomic mass is 10.5. The Kier molecular flexibility index (Phi) is 4.79. The summed E-state index contributed by atoms with van der Waals surface area (Å²) in [6, 6.07) is 0. The average molecular weight is 261 g/mol. The molecule has 0 unspecified atom stereocenters. The number of nitrogens with zero attached hydrogens (tertiary/aromatic N) is 3. The molecule has 1 aromatic heterocycles. The van der Waals surface area contributed by atoms with E-state index in [0.29, 0.717) is 18.3 Å². The fourth-order valence-electron chi connectivity index (χ4n) is 1.09. The van der Waals surface area contributed by atoms with Gasteiger partial charge in [0.15, 0.2) is 5.13 Å². The molecule has 0 aliphatic rings. The number of ether oxygens (including phenoxy) is 1.